The SMILES string of the molecule is COc1cccc([C@H]2CC(c3cccc(NS(C)(=O)=O)c3)=NN2C(=O)c2ccccc2)c1OC. The Morgan fingerprint density at radius 2 is 1.74 bits per heavy atom. The molecule has 0 bridgehead atoms. The highest BCUT2D eigenvalue weighted by atomic mass is 32.2. The van der Waals surface area contributed by atoms with Crippen LogP contribution in [0.4, 0.5) is 5.69 Å². The number of hydrogen-bond donors (Lipinski definition) is 1. The van der Waals surface area contributed by atoms with Gasteiger partial charge < -0.3 is 9.47 Å². The van der Waals surface area contributed by atoms with Crippen LogP contribution in [0.1, 0.15) is 33.9 Å². The van der Waals surface area contributed by atoms with E-state index in [4.69, 9.17) is 9.47 Å². The van der Waals surface area contributed by atoms with Gasteiger partial charge in [0, 0.05) is 23.2 Å². The molecule has 1 aliphatic rings. The fourth-order valence-corrected chi connectivity index (χ4v) is 4.53. The van der Waals surface area contributed by atoms with Gasteiger partial charge >= 0.3 is 0 Å². The van der Waals surface area contributed by atoms with Gasteiger partial charge in [-0.25, -0.2) is 13.4 Å². The van der Waals surface area contributed by atoms with E-state index in [-0.39, 0.29) is 5.91 Å². The summed E-state index contributed by atoms with van der Waals surface area (Å²) in [6, 6.07) is 21.0. The van der Waals surface area contributed by atoms with Crippen molar-refractivity contribution in [3.8, 4) is 11.5 Å². The van der Waals surface area contributed by atoms with E-state index in [1.807, 2.05) is 24.3 Å². The smallest absolute Gasteiger partial charge is 0.274 e. The Morgan fingerprint density at radius 3 is 2.41 bits per heavy atom. The fraction of sp³-hybridized carbons (Fsp3) is 0.200. The van der Waals surface area contributed by atoms with Crippen LogP contribution in [-0.2, 0) is 10.0 Å². The number of nitrogens with one attached hydrogen (secondary N) is 1. The number of methoxy groups -OCH3 is 2. The first kappa shape index (κ1) is 23.3. The monoisotopic (exact) mass is 479 g/mol. The molecule has 0 radical (unpaired) electrons. The van der Waals surface area contributed by atoms with Crippen molar-refractivity contribution in [1.82, 2.24) is 5.01 Å². The van der Waals surface area contributed by atoms with Crippen molar-refractivity contribution in [2.75, 3.05) is 25.2 Å². The molecule has 1 aliphatic heterocycles. The van der Waals surface area contributed by atoms with Crippen molar-refractivity contribution in [2.45, 2.75) is 12.5 Å². The van der Waals surface area contributed by atoms with Crippen LogP contribution in [0.25, 0.3) is 0 Å². The summed E-state index contributed by atoms with van der Waals surface area (Å²) in [7, 11) is -0.315. The van der Waals surface area contributed by atoms with E-state index < -0.39 is 16.1 Å². The zero-order valence-corrected chi connectivity index (χ0v) is 19.9. The Kier molecular flexibility index (Phi) is 6.56. The second kappa shape index (κ2) is 9.56. The number of hydrogen-bond acceptors (Lipinski definition) is 6. The normalized spacial score (nSPS) is 15.6. The number of amides is 1. The zero-order valence-electron chi connectivity index (χ0n) is 19.1. The quantitative estimate of drug-likeness (QED) is 0.551. The Morgan fingerprint density at radius 1 is 1.00 bits per heavy atom. The third-order valence-corrected chi connectivity index (χ3v) is 6.04. The van der Waals surface area contributed by atoms with E-state index in [1.165, 1.54) is 5.01 Å². The molecule has 0 fully saturated rings. The molecule has 176 valence electrons. The molecule has 1 heterocycles. The molecule has 0 aromatic heterocycles. The first-order valence-electron chi connectivity index (χ1n) is 10.6. The molecule has 1 atom stereocenters. The van der Waals surface area contributed by atoms with Crippen LogP contribution in [-0.4, -0.2) is 45.5 Å². The molecule has 34 heavy (non-hydrogen) atoms. The van der Waals surface area contributed by atoms with E-state index in [2.05, 4.69) is 9.82 Å². The lowest BCUT2D eigenvalue weighted by molar-refractivity contribution is 0.0709. The zero-order chi connectivity index (χ0) is 24.3. The number of ether oxygens (including phenoxy) is 2. The number of anilines is 1. The van der Waals surface area contributed by atoms with Gasteiger partial charge in [-0.05, 0) is 35.9 Å². The fourth-order valence-electron chi connectivity index (χ4n) is 3.98. The number of nitrogens with zero attached hydrogens (tertiary/aromatic N) is 2. The molecule has 0 spiro atoms. The van der Waals surface area contributed by atoms with Gasteiger partial charge in [-0.1, -0.05) is 42.5 Å². The van der Waals surface area contributed by atoms with Crippen LogP contribution in [0.5, 0.6) is 11.5 Å². The lowest BCUT2D eigenvalue weighted by atomic mass is 9.96. The second-order valence-corrected chi connectivity index (χ2v) is 9.57. The summed E-state index contributed by atoms with van der Waals surface area (Å²) in [6.07, 6.45) is 1.50. The molecule has 0 unspecified atom stereocenters. The summed E-state index contributed by atoms with van der Waals surface area (Å²) in [6.45, 7) is 0. The van der Waals surface area contributed by atoms with Gasteiger partial charge in [0.15, 0.2) is 11.5 Å². The Bertz CT molecular complexity index is 1340. The Hall–Kier alpha value is -3.85. The van der Waals surface area contributed by atoms with Gasteiger partial charge in [0.2, 0.25) is 10.0 Å². The molecule has 3 aromatic carbocycles. The van der Waals surface area contributed by atoms with Crippen molar-refractivity contribution in [1.29, 1.82) is 0 Å². The lowest BCUT2D eigenvalue weighted by Crippen LogP contribution is -2.27. The first-order chi connectivity index (χ1) is 16.3. The summed E-state index contributed by atoms with van der Waals surface area (Å²) < 4.78 is 36.9. The number of rotatable bonds is 7. The van der Waals surface area contributed by atoms with Crippen molar-refractivity contribution in [2.24, 2.45) is 5.10 Å². The molecular weight excluding hydrogens is 454 g/mol. The van der Waals surface area contributed by atoms with E-state index >= 15 is 0 Å². The Balaban J connectivity index is 1.78. The minimum Gasteiger partial charge on any atom is -0.493 e. The van der Waals surface area contributed by atoms with Crippen LogP contribution in [0.15, 0.2) is 77.9 Å². The molecule has 0 aliphatic carbocycles. The third kappa shape index (κ3) is 4.89. The molecular formula is C25H25N3O5S. The van der Waals surface area contributed by atoms with Gasteiger partial charge in [0.25, 0.3) is 5.91 Å². The van der Waals surface area contributed by atoms with Crippen LogP contribution in [0.2, 0.25) is 0 Å². The summed E-state index contributed by atoms with van der Waals surface area (Å²) >= 11 is 0. The highest BCUT2D eigenvalue weighted by molar-refractivity contribution is 7.92. The largest absolute Gasteiger partial charge is 0.493 e. The predicted molar refractivity (Wildman–Crippen MR) is 131 cm³/mol. The minimum atomic E-state index is -3.43. The molecule has 3 aromatic rings. The van der Waals surface area contributed by atoms with Crippen molar-refractivity contribution in [3.05, 3.63) is 89.5 Å². The van der Waals surface area contributed by atoms with Crippen molar-refractivity contribution in [3.63, 3.8) is 0 Å². The molecule has 1 amide bonds. The lowest BCUT2D eigenvalue weighted by Gasteiger charge is -2.24. The van der Waals surface area contributed by atoms with Gasteiger partial charge in [-0.3, -0.25) is 9.52 Å². The number of carbonyl (C=O) groups is 1. The topological polar surface area (TPSA) is 97.3 Å². The van der Waals surface area contributed by atoms with Gasteiger partial charge in [-0.2, -0.15) is 5.10 Å². The second-order valence-electron chi connectivity index (χ2n) is 7.82. The number of para-hydroxylation sites is 1. The van der Waals surface area contributed by atoms with E-state index in [9.17, 15) is 13.2 Å². The van der Waals surface area contributed by atoms with Crippen molar-refractivity contribution >= 4 is 27.3 Å². The number of carbonyl (C=O) groups excluding carboxylic acids is 1. The number of sulfonamides is 1. The average Bonchev–Trinajstić information content (AvgIpc) is 3.28. The third-order valence-electron chi connectivity index (χ3n) is 5.43. The van der Waals surface area contributed by atoms with Crippen LogP contribution in [0, 0.1) is 0 Å². The predicted octanol–water partition coefficient (Wildman–Crippen LogP) is 4.07. The summed E-state index contributed by atoms with van der Waals surface area (Å²) in [4.78, 5) is 13.5. The molecule has 9 heteroatoms. The van der Waals surface area contributed by atoms with Crippen LogP contribution >= 0.6 is 0 Å². The van der Waals surface area contributed by atoms with Crippen LogP contribution in [0.3, 0.4) is 0 Å². The van der Waals surface area contributed by atoms with E-state index in [0.717, 1.165) is 11.8 Å². The standard InChI is InChI=1S/C25H25N3O5S/c1-32-23-14-8-13-20(24(23)33-2)22-16-21(18-11-7-12-19(15-18)27-34(3,30)31)26-28(22)25(29)17-9-5-4-6-10-17/h4-15,22,27H,16H2,1-3H3/t22-/m1/s1. The van der Waals surface area contributed by atoms with E-state index in [0.29, 0.717) is 40.4 Å². The van der Waals surface area contributed by atoms with Gasteiger partial charge in [0.05, 0.1) is 32.2 Å². The van der Waals surface area contributed by atoms with Gasteiger partial charge in [-0.15, -0.1) is 0 Å². The average molecular weight is 480 g/mol. The molecule has 0 saturated heterocycles. The summed E-state index contributed by atoms with van der Waals surface area (Å²) in [5.74, 6) is 0.834. The highest BCUT2D eigenvalue weighted by Crippen LogP contribution is 2.42. The maximum Gasteiger partial charge on any atom is 0.274 e. The molecule has 8 nitrogen and oxygen atoms in total. The number of hydrazone groups is 1. The van der Waals surface area contributed by atoms with Gasteiger partial charge in [0.1, 0.15) is 0 Å². The van der Waals surface area contributed by atoms with E-state index in [1.54, 1.807) is 62.8 Å². The minimum absolute atomic E-state index is 0.254. The maximum atomic E-state index is 13.5. The highest BCUT2D eigenvalue weighted by Gasteiger charge is 2.36. The summed E-state index contributed by atoms with van der Waals surface area (Å²) in [5, 5.41) is 6.14. The number of benzene rings is 3. The maximum absolute atomic E-state index is 13.5. The molecule has 1 N–H and O–H groups in total. The molecule has 0 saturated carbocycles. The first-order valence-corrected chi connectivity index (χ1v) is 12.4. The summed E-state index contributed by atoms with van der Waals surface area (Å²) in [5.41, 5.74) is 3.05. The molecule has 4 rings (SSSR count). The van der Waals surface area contributed by atoms with Crippen LogP contribution < -0.4 is 14.2 Å². The Labute approximate surface area is 198 Å². The van der Waals surface area contributed by atoms with Crippen molar-refractivity contribution < 1.29 is 22.7 Å².